The van der Waals surface area contributed by atoms with Crippen LogP contribution in [0.3, 0.4) is 0 Å². The first-order valence-electron chi connectivity index (χ1n) is 7.03. The third-order valence-electron chi connectivity index (χ3n) is 3.41. The van der Waals surface area contributed by atoms with Crippen molar-refractivity contribution in [2.75, 3.05) is 6.54 Å². The predicted octanol–water partition coefficient (Wildman–Crippen LogP) is 2.71. The molecule has 114 valence electrons. The van der Waals surface area contributed by atoms with Crippen molar-refractivity contribution < 1.29 is 13.6 Å². The summed E-state index contributed by atoms with van der Waals surface area (Å²) in [6.07, 6.45) is 3.09. The Kier molecular flexibility index (Phi) is 3.82. The van der Waals surface area contributed by atoms with Gasteiger partial charge in [-0.05, 0) is 44.2 Å². The summed E-state index contributed by atoms with van der Waals surface area (Å²) < 4.78 is 12.5. The van der Waals surface area contributed by atoms with E-state index in [2.05, 4.69) is 10.4 Å². The lowest BCUT2D eigenvalue weighted by Crippen LogP contribution is -2.31. The summed E-state index contributed by atoms with van der Waals surface area (Å²) in [6.45, 7) is 4.27. The second-order valence-corrected chi connectivity index (χ2v) is 5.09. The summed E-state index contributed by atoms with van der Waals surface area (Å²) in [4.78, 5) is 12.0. The van der Waals surface area contributed by atoms with Crippen LogP contribution in [0, 0.1) is 13.8 Å². The molecule has 0 aliphatic heterocycles. The van der Waals surface area contributed by atoms with Gasteiger partial charge in [0.25, 0.3) is 5.91 Å². The van der Waals surface area contributed by atoms with E-state index in [4.69, 9.17) is 8.83 Å². The van der Waals surface area contributed by atoms with Gasteiger partial charge in [0.05, 0.1) is 18.2 Å². The van der Waals surface area contributed by atoms with Gasteiger partial charge in [0.1, 0.15) is 11.8 Å². The fraction of sp³-hybridized carbons (Fsp3) is 0.250. The molecule has 3 aromatic heterocycles. The number of carbonyl (C=O) groups is 1. The Balaban J connectivity index is 1.81. The molecule has 6 heteroatoms. The van der Waals surface area contributed by atoms with Crippen LogP contribution in [-0.4, -0.2) is 22.2 Å². The van der Waals surface area contributed by atoms with Crippen LogP contribution in [0.2, 0.25) is 0 Å². The normalized spacial score (nSPS) is 12.3. The van der Waals surface area contributed by atoms with Gasteiger partial charge in [-0.1, -0.05) is 0 Å². The molecular weight excluding hydrogens is 282 g/mol. The molecule has 3 aromatic rings. The molecule has 0 fully saturated rings. The Morgan fingerprint density at radius 1 is 1.27 bits per heavy atom. The van der Waals surface area contributed by atoms with E-state index in [0.717, 1.165) is 17.1 Å². The molecule has 3 heterocycles. The van der Waals surface area contributed by atoms with Gasteiger partial charge in [0.15, 0.2) is 5.76 Å². The minimum atomic E-state index is -0.261. The van der Waals surface area contributed by atoms with E-state index in [9.17, 15) is 4.79 Å². The molecule has 1 amide bonds. The van der Waals surface area contributed by atoms with Crippen LogP contribution in [0.5, 0.6) is 0 Å². The highest BCUT2D eigenvalue weighted by molar-refractivity contribution is 5.91. The number of aryl methyl sites for hydroxylation is 2. The molecule has 0 aliphatic carbocycles. The van der Waals surface area contributed by atoms with Gasteiger partial charge >= 0.3 is 0 Å². The molecular formula is C16H17N3O3. The number of hydrogen-bond acceptors (Lipinski definition) is 4. The van der Waals surface area contributed by atoms with Crippen LogP contribution in [0.4, 0.5) is 0 Å². The number of aromatic nitrogens is 2. The van der Waals surface area contributed by atoms with Crippen LogP contribution in [-0.2, 0) is 0 Å². The van der Waals surface area contributed by atoms with E-state index in [-0.39, 0.29) is 17.7 Å². The first-order chi connectivity index (χ1) is 10.6. The topological polar surface area (TPSA) is 73.2 Å². The number of furan rings is 2. The van der Waals surface area contributed by atoms with E-state index in [0.29, 0.717) is 6.54 Å². The average molecular weight is 299 g/mol. The minimum Gasteiger partial charge on any atom is -0.467 e. The third kappa shape index (κ3) is 2.81. The molecule has 1 N–H and O–H groups in total. The zero-order valence-electron chi connectivity index (χ0n) is 12.4. The average Bonchev–Trinajstić information content (AvgIpc) is 3.22. The van der Waals surface area contributed by atoms with E-state index < -0.39 is 0 Å². The number of hydrogen-bond donors (Lipinski definition) is 1. The van der Waals surface area contributed by atoms with Crippen molar-refractivity contribution in [3.05, 3.63) is 65.8 Å². The maximum absolute atomic E-state index is 12.0. The summed E-state index contributed by atoms with van der Waals surface area (Å²) in [7, 11) is 0. The smallest absolute Gasteiger partial charge is 0.287 e. The molecule has 1 atom stereocenters. The van der Waals surface area contributed by atoms with Crippen LogP contribution in [0.15, 0.2) is 51.7 Å². The fourth-order valence-electron chi connectivity index (χ4n) is 2.43. The maximum atomic E-state index is 12.0. The summed E-state index contributed by atoms with van der Waals surface area (Å²) in [5.41, 5.74) is 1.93. The molecule has 0 aliphatic rings. The number of nitrogens with zero attached hydrogens (tertiary/aromatic N) is 2. The molecule has 1 unspecified atom stereocenters. The third-order valence-corrected chi connectivity index (χ3v) is 3.41. The Hall–Kier alpha value is -2.76. The molecule has 0 saturated heterocycles. The molecule has 0 aromatic carbocycles. The van der Waals surface area contributed by atoms with Gasteiger partial charge < -0.3 is 14.2 Å². The van der Waals surface area contributed by atoms with Gasteiger partial charge in [0.2, 0.25) is 0 Å². The second kappa shape index (κ2) is 5.93. The van der Waals surface area contributed by atoms with Crippen LogP contribution < -0.4 is 5.32 Å². The van der Waals surface area contributed by atoms with Crippen molar-refractivity contribution in [2.24, 2.45) is 0 Å². The maximum Gasteiger partial charge on any atom is 0.287 e. The Bertz CT molecular complexity index is 742. The van der Waals surface area contributed by atoms with Gasteiger partial charge in [-0.15, -0.1) is 0 Å². The molecule has 0 radical (unpaired) electrons. The first-order valence-corrected chi connectivity index (χ1v) is 7.03. The highest BCUT2D eigenvalue weighted by atomic mass is 16.3. The van der Waals surface area contributed by atoms with Gasteiger partial charge in [-0.25, -0.2) is 0 Å². The lowest BCUT2D eigenvalue weighted by molar-refractivity contribution is 0.0920. The first kappa shape index (κ1) is 14.2. The van der Waals surface area contributed by atoms with Gasteiger partial charge in [0, 0.05) is 12.2 Å². The van der Waals surface area contributed by atoms with Crippen molar-refractivity contribution in [3.63, 3.8) is 0 Å². The monoisotopic (exact) mass is 299 g/mol. The second-order valence-electron chi connectivity index (χ2n) is 5.09. The molecule has 0 spiro atoms. The Morgan fingerprint density at radius 2 is 2.05 bits per heavy atom. The number of amides is 1. The van der Waals surface area contributed by atoms with Gasteiger partial charge in [-0.3, -0.25) is 9.48 Å². The van der Waals surface area contributed by atoms with Crippen molar-refractivity contribution in [3.8, 4) is 0 Å². The lowest BCUT2D eigenvalue weighted by Gasteiger charge is -2.17. The minimum absolute atomic E-state index is 0.206. The summed E-state index contributed by atoms with van der Waals surface area (Å²) in [6, 6.07) is 8.79. The van der Waals surface area contributed by atoms with E-state index in [1.807, 2.05) is 36.7 Å². The number of nitrogens with one attached hydrogen (secondary N) is 1. The van der Waals surface area contributed by atoms with E-state index in [1.54, 1.807) is 18.4 Å². The van der Waals surface area contributed by atoms with Gasteiger partial charge in [-0.2, -0.15) is 5.10 Å². The molecule has 6 nitrogen and oxygen atoms in total. The van der Waals surface area contributed by atoms with E-state index in [1.165, 1.54) is 6.26 Å². The van der Waals surface area contributed by atoms with Crippen LogP contribution >= 0.6 is 0 Å². The summed E-state index contributed by atoms with van der Waals surface area (Å²) in [5.74, 6) is 0.764. The Labute approximate surface area is 127 Å². The molecule has 3 rings (SSSR count). The number of carbonyl (C=O) groups excluding carboxylic acids is 1. The fourth-order valence-corrected chi connectivity index (χ4v) is 2.43. The van der Waals surface area contributed by atoms with Crippen LogP contribution in [0.1, 0.15) is 33.7 Å². The predicted molar refractivity (Wildman–Crippen MR) is 79.6 cm³/mol. The highest BCUT2D eigenvalue weighted by Crippen LogP contribution is 2.20. The summed E-state index contributed by atoms with van der Waals surface area (Å²) >= 11 is 0. The van der Waals surface area contributed by atoms with Crippen LogP contribution in [0.25, 0.3) is 0 Å². The van der Waals surface area contributed by atoms with E-state index >= 15 is 0 Å². The molecule has 0 bridgehead atoms. The van der Waals surface area contributed by atoms with Crippen molar-refractivity contribution >= 4 is 5.91 Å². The highest BCUT2D eigenvalue weighted by Gasteiger charge is 2.21. The largest absolute Gasteiger partial charge is 0.467 e. The van der Waals surface area contributed by atoms with Crippen molar-refractivity contribution in [1.82, 2.24) is 15.1 Å². The number of rotatable bonds is 5. The molecule has 22 heavy (non-hydrogen) atoms. The quantitative estimate of drug-likeness (QED) is 0.786. The zero-order valence-corrected chi connectivity index (χ0v) is 12.4. The summed E-state index contributed by atoms with van der Waals surface area (Å²) in [5, 5.41) is 7.34. The SMILES string of the molecule is Cc1cc(C)n(C(CNC(=O)c2ccco2)c2ccco2)n1. The lowest BCUT2D eigenvalue weighted by atomic mass is 10.2. The standard InChI is InChI=1S/C16H17N3O3/c1-11-9-12(2)19(18-11)13(14-5-3-7-21-14)10-17-16(20)15-6-4-8-22-15/h3-9,13H,10H2,1-2H3,(H,17,20). The Morgan fingerprint density at radius 3 is 2.64 bits per heavy atom. The zero-order chi connectivity index (χ0) is 15.5. The van der Waals surface area contributed by atoms with Crippen molar-refractivity contribution in [2.45, 2.75) is 19.9 Å². The molecule has 0 saturated carbocycles. The van der Waals surface area contributed by atoms with Crippen molar-refractivity contribution in [1.29, 1.82) is 0 Å².